The predicted octanol–water partition coefficient (Wildman–Crippen LogP) is 1.61. The Balaban J connectivity index is 1.92. The van der Waals surface area contributed by atoms with Crippen molar-refractivity contribution in [2.24, 2.45) is 7.05 Å². The van der Waals surface area contributed by atoms with Crippen molar-refractivity contribution in [1.29, 1.82) is 0 Å². The van der Waals surface area contributed by atoms with Crippen molar-refractivity contribution < 1.29 is 0 Å². The van der Waals surface area contributed by atoms with E-state index >= 15 is 0 Å². The summed E-state index contributed by atoms with van der Waals surface area (Å²) in [5.74, 6) is 1.51. The van der Waals surface area contributed by atoms with Crippen LogP contribution >= 0.6 is 11.8 Å². The number of nitrogens with zero attached hydrogens (tertiary/aromatic N) is 4. The molecule has 1 heterocycles. The van der Waals surface area contributed by atoms with Crippen molar-refractivity contribution in [3.8, 4) is 0 Å². The van der Waals surface area contributed by atoms with E-state index in [-0.39, 0.29) is 0 Å². The van der Waals surface area contributed by atoms with Gasteiger partial charge in [0.25, 0.3) is 0 Å². The molecule has 6 heteroatoms. The van der Waals surface area contributed by atoms with Crippen LogP contribution in [-0.4, -0.2) is 26.8 Å². The molecule has 0 amide bonds. The lowest BCUT2D eigenvalue weighted by molar-refractivity contribution is 0.628. The van der Waals surface area contributed by atoms with Crippen molar-refractivity contribution in [1.82, 2.24) is 25.5 Å². The van der Waals surface area contributed by atoms with E-state index in [1.807, 2.05) is 0 Å². The summed E-state index contributed by atoms with van der Waals surface area (Å²) in [4.78, 5) is 2.72. The highest BCUT2D eigenvalue weighted by molar-refractivity contribution is 7.98. The van der Waals surface area contributed by atoms with E-state index in [2.05, 4.69) is 51.9 Å². The monoisotopic (exact) mass is 263 g/mol. The van der Waals surface area contributed by atoms with Crippen LogP contribution in [0, 0.1) is 0 Å². The van der Waals surface area contributed by atoms with Crippen molar-refractivity contribution in [3.63, 3.8) is 0 Å². The van der Waals surface area contributed by atoms with Crippen LogP contribution in [0.5, 0.6) is 0 Å². The highest BCUT2D eigenvalue weighted by atomic mass is 32.2. The number of aromatic nitrogens is 4. The van der Waals surface area contributed by atoms with Gasteiger partial charge in [-0.3, -0.25) is 0 Å². The van der Waals surface area contributed by atoms with Gasteiger partial charge in [0, 0.05) is 11.4 Å². The van der Waals surface area contributed by atoms with Crippen LogP contribution in [0.4, 0.5) is 0 Å². The van der Waals surface area contributed by atoms with E-state index in [4.69, 9.17) is 0 Å². The van der Waals surface area contributed by atoms with Crippen LogP contribution in [0.25, 0.3) is 0 Å². The normalized spacial score (nSPS) is 10.8. The van der Waals surface area contributed by atoms with Gasteiger partial charge in [-0.15, -0.1) is 22.0 Å². The number of hydrogen-bond donors (Lipinski definition) is 1. The zero-order valence-corrected chi connectivity index (χ0v) is 11.4. The van der Waals surface area contributed by atoms with Crippen LogP contribution < -0.4 is 5.32 Å². The zero-order valence-electron chi connectivity index (χ0n) is 10.6. The van der Waals surface area contributed by atoms with Crippen LogP contribution in [0.1, 0.15) is 18.3 Å². The molecule has 1 N–H and O–H groups in total. The second kappa shape index (κ2) is 6.51. The summed E-state index contributed by atoms with van der Waals surface area (Å²) in [5, 5.41) is 15.3. The summed E-state index contributed by atoms with van der Waals surface area (Å²) >= 11 is 1.73. The molecule has 0 radical (unpaired) electrons. The highest BCUT2D eigenvalue weighted by Gasteiger charge is 2.02. The van der Waals surface area contributed by atoms with Gasteiger partial charge in [-0.1, -0.05) is 19.1 Å². The molecule has 0 saturated carbocycles. The molecule has 18 heavy (non-hydrogen) atoms. The topological polar surface area (TPSA) is 55.6 Å². The third-order valence-electron chi connectivity index (χ3n) is 2.40. The Labute approximate surface area is 111 Å². The van der Waals surface area contributed by atoms with Crippen molar-refractivity contribution in [2.75, 3.05) is 6.54 Å². The van der Waals surface area contributed by atoms with Gasteiger partial charge in [0.2, 0.25) is 0 Å². The lowest BCUT2D eigenvalue weighted by atomic mass is 10.2. The fraction of sp³-hybridized carbons (Fsp3) is 0.417. The minimum atomic E-state index is 0.749. The zero-order chi connectivity index (χ0) is 12.8. The second-order valence-corrected chi connectivity index (χ2v) is 4.96. The molecule has 0 spiro atoms. The van der Waals surface area contributed by atoms with Crippen LogP contribution in [0.3, 0.4) is 0 Å². The number of tetrazole rings is 1. The van der Waals surface area contributed by atoms with E-state index in [0.29, 0.717) is 0 Å². The second-order valence-electron chi connectivity index (χ2n) is 3.91. The molecule has 1 aromatic heterocycles. The first kappa shape index (κ1) is 13.0. The Morgan fingerprint density at radius 1 is 1.39 bits per heavy atom. The fourth-order valence-electron chi connectivity index (χ4n) is 1.54. The first-order valence-electron chi connectivity index (χ1n) is 5.93. The molecule has 2 rings (SSSR count). The van der Waals surface area contributed by atoms with E-state index < -0.39 is 0 Å². The standard InChI is InChI=1S/C12H17N5S/c1-3-13-8-10-5-4-6-11(7-10)18-9-12-14-16-17(2)15-12/h4-7,13H,3,8-9H2,1-2H3. The number of hydrogen-bond acceptors (Lipinski definition) is 5. The molecule has 0 aliphatic rings. The molecule has 0 fully saturated rings. The summed E-state index contributed by atoms with van der Waals surface area (Å²) in [7, 11) is 1.78. The number of nitrogens with one attached hydrogen (secondary N) is 1. The van der Waals surface area contributed by atoms with Gasteiger partial charge < -0.3 is 5.32 Å². The minimum absolute atomic E-state index is 0.749. The quantitative estimate of drug-likeness (QED) is 0.802. The van der Waals surface area contributed by atoms with E-state index in [0.717, 1.165) is 24.7 Å². The van der Waals surface area contributed by atoms with E-state index in [9.17, 15) is 0 Å². The van der Waals surface area contributed by atoms with Crippen LogP contribution in [0.2, 0.25) is 0 Å². The summed E-state index contributed by atoms with van der Waals surface area (Å²) in [6.45, 7) is 4.01. The third kappa shape index (κ3) is 3.82. The summed E-state index contributed by atoms with van der Waals surface area (Å²) in [6, 6.07) is 8.52. The molecular weight excluding hydrogens is 246 g/mol. The molecule has 0 aliphatic carbocycles. The predicted molar refractivity (Wildman–Crippen MR) is 72.2 cm³/mol. The Bertz CT molecular complexity index is 497. The van der Waals surface area contributed by atoms with Gasteiger partial charge in [-0.25, -0.2) is 0 Å². The molecule has 2 aromatic rings. The Morgan fingerprint density at radius 2 is 2.28 bits per heavy atom. The maximum atomic E-state index is 4.16. The van der Waals surface area contributed by atoms with Crippen LogP contribution in [0.15, 0.2) is 29.2 Å². The van der Waals surface area contributed by atoms with Gasteiger partial charge in [0.05, 0.1) is 12.8 Å². The molecular formula is C12H17N5S. The van der Waals surface area contributed by atoms with Gasteiger partial charge >= 0.3 is 0 Å². The largest absolute Gasteiger partial charge is 0.313 e. The Hall–Kier alpha value is -1.40. The van der Waals surface area contributed by atoms with E-state index in [1.165, 1.54) is 15.3 Å². The van der Waals surface area contributed by atoms with Gasteiger partial charge in [-0.05, 0) is 29.5 Å². The summed E-state index contributed by atoms with van der Waals surface area (Å²) < 4.78 is 0. The van der Waals surface area contributed by atoms with Gasteiger partial charge in [0.1, 0.15) is 0 Å². The maximum absolute atomic E-state index is 4.16. The van der Waals surface area contributed by atoms with Gasteiger partial charge in [0.15, 0.2) is 5.82 Å². The Kier molecular flexibility index (Phi) is 4.72. The molecule has 1 aromatic carbocycles. The lowest BCUT2D eigenvalue weighted by Crippen LogP contribution is -2.11. The van der Waals surface area contributed by atoms with Crippen LogP contribution in [-0.2, 0) is 19.3 Å². The minimum Gasteiger partial charge on any atom is -0.313 e. The first-order valence-corrected chi connectivity index (χ1v) is 6.92. The molecule has 96 valence electrons. The Morgan fingerprint density at radius 3 is 3.00 bits per heavy atom. The summed E-state index contributed by atoms with van der Waals surface area (Å²) in [6.07, 6.45) is 0. The highest BCUT2D eigenvalue weighted by Crippen LogP contribution is 2.21. The number of thioether (sulfide) groups is 1. The van der Waals surface area contributed by atoms with Crippen molar-refractivity contribution in [3.05, 3.63) is 35.7 Å². The first-order chi connectivity index (χ1) is 8.78. The SMILES string of the molecule is CCNCc1cccc(SCc2nnn(C)n2)c1. The maximum Gasteiger partial charge on any atom is 0.184 e. The average Bonchev–Trinajstić information content (AvgIpc) is 2.80. The number of rotatable bonds is 6. The van der Waals surface area contributed by atoms with Crippen molar-refractivity contribution >= 4 is 11.8 Å². The van der Waals surface area contributed by atoms with Crippen molar-refractivity contribution in [2.45, 2.75) is 24.1 Å². The number of aryl methyl sites for hydroxylation is 1. The smallest absolute Gasteiger partial charge is 0.184 e. The molecule has 0 aliphatic heterocycles. The molecule has 0 atom stereocenters. The number of benzene rings is 1. The average molecular weight is 263 g/mol. The van der Waals surface area contributed by atoms with Gasteiger partial charge in [-0.2, -0.15) is 4.80 Å². The lowest BCUT2D eigenvalue weighted by Gasteiger charge is -2.04. The summed E-state index contributed by atoms with van der Waals surface area (Å²) in [5.41, 5.74) is 1.30. The molecule has 0 saturated heterocycles. The fourth-order valence-corrected chi connectivity index (χ4v) is 2.36. The molecule has 0 bridgehead atoms. The molecule has 5 nitrogen and oxygen atoms in total. The van der Waals surface area contributed by atoms with E-state index in [1.54, 1.807) is 18.8 Å². The molecule has 0 unspecified atom stereocenters. The third-order valence-corrected chi connectivity index (χ3v) is 3.39.